The molecule has 0 radical (unpaired) electrons. The van der Waals surface area contributed by atoms with Gasteiger partial charge in [0.1, 0.15) is 6.10 Å². The SMILES string of the molecule is O=C1NC(Cc2ccc(C(F)(F)F)cc2)C(c2ccc(Cl)cc2)O1. The summed E-state index contributed by atoms with van der Waals surface area (Å²) in [5, 5.41) is 3.26. The fourth-order valence-corrected chi connectivity index (χ4v) is 2.78. The van der Waals surface area contributed by atoms with Gasteiger partial charge in [-0.1, -0.05) is 35.9 Å². The number of carbonyl (C=O) groups excluding carboxylic acids is 1. The number of alkyl carbamates (subject to hydrolysis) is 1. The molecule has 1 amide bonds. The van der Waals surface area contributed by atoms with Crippen LogP contribution in [0.3, 0.4) is 0 Å². The third kappa shape index (κ3) is 3.64. The molecular weight excluding hydrogens is 343 g/mol. The maximum atomic E-state index is 12.6. The van der Waals surface area contributed by atoms with Crippen LogP contribution in [-0.2, 0) is 17.3 Å². The molecule has 7 heteroatoms. The second-order valence-corrected chi connectivity index (χ2v) is 5.96. The van der Waals surface area contributed by atoms with Crippen molar-refractivity contribution in [2.75, 3.05) is 0 Å². The molecule has 0 saturated carbocycles. The lowest BCUT2D eigenvalue weighted by atomic mass is 9.96. The summed E-state index contributed by atoms with van der Waals surface area (Å²) in [6.45, 7) is 0. The summed E-state index contributed by atoms with van der Waals surface area (Å²) < 4.78 is 43.1. The van der Waals surface area contributed by atoms with Crippen molar-refractivity contribution >= 4 is 17.7 Å². The third-order valence-electron chi connectivity index (χ3n) is 3.84. The van der Waals surface area contributed by atoms with Gasteiger partial charge in [-0.25, -0.2) is 4.79 Å². The summed E-state index contributed by atoms with van der Waals surface area (Å²) >= 11 is 5.85. The molecule has 0 aromatic heterocycles. The highest BCUT2D eigenvalue weighted by Crippen LogP contribution is 2.31. The van der Waals surface area contributed by atoms with Crippen molar-refractivity contribution in [3.63, 3.8) is 0 Å². The predicted octanol–water partition coefficient (Wildman–Crippen LogP) is 4.75. The number of hydrogen-bond donors (Lipinski definition) is 1. The zero-order valence-corrected chi connectivity index (χ0v) is 13.1. The van der Waals surface area contributed by atoms with Gasteiger partial charge in [-0.15, -0.1) is 0 Å². The Hall–Kier alpha value is -2.21. The van der Waals surface area contributed by atoms with Crippen molar-refractivity contribution in [2.45, 2.75) is 24.7 Å². The maximum Gasteiger partial charge on any atom is 0.416 e. The Kier molecular flexibility index (Phi) is 4.41. The molecule has 3 rings (SSSR count). The second-order valence-electron chi connectivity index (χ2n) is 5.53. The Morgan fingerprint density at radius 3 is 2.25 bits per heavy atom. The Morgan fingerprint density at radius 2 is 1.67 bits per heavy atom. The predicted molar refractivity (Wildman–Crippen MR) is 82.7 cm³/mol. The number of carbonyl (C=O) groups is 1. The highest BCUT2D eigenvalue weighted by atomic mass is 35.5. The van der Waals surface area contributed by atoms with Crippen molar-refractivity contribution in [2.24, 2.45) is 0 Å². The number of benzene rings is 2. The smallest absolute Gasteiger partial charge is 0.416 e. The van der Waals surface area contributed by atoms with Gasteiger partial charge in [0, 0.05) is 5.02 Å². The first kappa shape index (κ1) is 16.6. The summed E-state index contributed by atoms with van der Waals surface area (Å²) in [6.07, 6.45) is -5.07. The minimum Gasteiger partial charge on any atom is -0.439 e. The molecule has 2 unspecified atom stereocenters. The van der Waals surface area contributed by atoms with Gasteiger partial charge >= 0.3 is 12.3 Å². The molecule has 1 aliphatic rings. The molecule has 126 valence electrons. The Labute approximate surface area is 141 Å². The number of halogens is 4. The average Bonchev–Trinajstić information content (AvgIpc) is 2.88. The molecule has 2 aromatic carbocycles. The molecule has 0 aliphatic carbocycles. The molecule has 2 atom stereocenters. The minimum atomic E-state index is -4.37. The van der Waals surface area contributed by atoms with Crippen LogP contribution in [0.4, 0.5) is 18.0 Å². The summed E-state index contributed by atoms with van der Waals surface area (Å²) in [5.74, 6) is 0. The molecular formula is C17H13ClF3NO2. The van der Waals surface area contributed by atoms with E-state index in [1.807, 2.05) is 0 Å². The van der Waals surface area contributed by atoms with Crippen LogP contribution in [-0.4, -0.2) is 12.1 Å². The van der Waals surface area contributed by atoms with Crippen LogP contribution in [0.5, 0.6) is 0 Å². The average molecular weight is 356 g/mol. The standard InChI is InChI=1S/C17H13ClF3NO2/c18-13-7-3-11(4-8-13)15-14(22-16(23)24-15)9-10-1-5-12(6-2-10)17(19,20)21/h1-8,14-15H,9H2,(H,22,23). The van der Waals surface area contributed by atoms with E-state index in [4.69, 9.17) is 16.3 Å². The number of hydrogen-bond acceptors (Lipinski definition) is 2. The van der Waals surface area contributed by atoms with Crippen LogP contribution >= 0.6 is 11.6 Å². The van der Waals surface area contributed by atoms with E-state index in [2.05, 4.69) is 5.32 Å². The molecule has 3 nitrogen and oxygen atoms in total. The molecule has 1 fully saturated rings. The zero-order chi connectivity index (χ0) is 17.3. The van der Waals surface area contributed by atoms with E-state index in [0.29, 0.717) is 17.0 Å². The van der Waals surface area contributed by atoms with Gasteiger partial charge < -0.3 is 10.1 Å². The Balaban J connectivity index is 1.77. The number of ether oxygens (including phenoxy) is 1. The Morgan fingerprint density at radius 1 is 1.04 bits per heavy atom. The van der Waals surface area contributed by atoms with Crippen LogP contribution in [0.15, 0.2) is 48.5 Å². The lowest BCUT2D eigenvalue weighted by Crippen LogP contribution is -2.30. The van der Waals surface area contributed by atoms with E-state index >= 15 is 0 Å². The summed E-state index contributed by atoms with van der Waals surface area (Å²) in [6, 6.07) is 11.4. The first-order valence-electron chi connectivity index (χ1n) is 7.22. The number of alkyl halides is 3. The van der Waals surface area contributed by atoms with Crippen LogP contribution in [0.2, 0.25) is 5.02 Å². The van der Waals surface area contributed by atoms with Crippen molar-refractivity contribution in [3.8, 4) is 0 Å². The molecule has 1 saturated heterocycles. The van der Waals surface area contributed by atoms with E-state index in [1.54, 1.807) is 24.3 Å². The molecule has 0 spiro atoms. The maximum absolute atomic E-state index is 12.6. The van der Waals surface area contributed by atoms with Crippen LogP contribution in [0, 0.1) is 0 Å². The van der Waals surface area contributed by atoms with Crippen molar-refractivity contribution in [1.29, 1.82) is 0 Å². The highest BCUT2D eigenvalue weighted by Gasteiger charge is 2.35. The van der Waals surface area contributed by atoms with Gasteiger partial charge in [0.15, 0.2) is 0 Å². The van der Waals surface area contributed by atoms with Gasteiger partial charge in [-0.2, -0.15) is 13.2 Å². The zero-order valence-electron chi connectivity index (χ0n) is 12.3. The number of cyclic esters (lactones) is 1. The highest BCUT2D eigenvalue weighted by molar-refractivity contribution is 6.30. The quantitative estimate of drug-likeness (QED) is 0.862. The fraction of sp³-hybridized carbons (Fsp3) is 0.235. The number of amides is 1. The van der Waals surface area contributed by atoms with Crippen molar-refractivity contribution < 1.29 is 22.7 Å². The molecule has 24 heavy (non-hydrogen) atoms. The topological polar surface area (TPSA) is 38.3 Å². The molecule has 2 aromatic rings. The van der Waals surface area contributed by atoms with Crippen LogP contribution in [0.1, 0.15) is 22.8 Å². The third-order valence-corrected chi connectivity index (χ3v) is 4.09. The van der Waals surface area contributed by atoms with Gasteiger partial charge in [0.2, 0.25) is 0 Å². The van der Waals surface area contributed by atoms with Crippen molar-refractivity contribution in [1.82, 2.24) is 5.32 Å². The van der Waals surface area contributed by atoms with E-state index in [9.17, 15) is 18.0 Å². The van der Waals surface area contributed by atoms with Crippen molar-refractivity contribution in [3.05, 3.63) is 70.2 Å². The molecule has 1 N–H and O–H groups in total. The van der Waals surface area contributed by atoms with Crippen LogP contribution < -0.4 is 5.32 Å². The van der Waals surface area contributed by atoms with E-state index in [0.717, 1.165) is 17.7 Å². The molecule has 1 heterocycles. The Bertz CT molecular complexity index is 729. The lowest BCUT2D eigenvalue weighted by Gasteiger charge is -2.17. The van der Waals surface area contributed by atoms with E-state index in [-0.39, 0.29) is 6.04 Å². The first-order chi connectivity index (χ1) is 11.3. The second kappa shape index (κ2) is 6.36. The minimum absolute atomic E-state index is 0.358. The van der Waals surface area contributed by atoms with Gasteiger partial charge in [-0.05, 0) is 41.8 Å². The fourth-order valence-electron chi connectivity index (χ4n) is 2.65. The normalized spacial score (nSPS) is 20.6. The van der Waals surface area contributed by atoms with Gasteiger partial charge in [-0.3, -0.25) is 0 Å². The first-order valence-corrected chi connectivity index (χ1v) is 7.59. The van der Waals surface area contributed by atoms with Gasteiger partial charge in [0.25, 0.3) is 0 Å². The number of rotatable bonds is 3. The van der Waals surface area contributed by atoms with E-state index in [1.165, 1.54) is 12.1 Å². The number of nitrogens with one attached hydrogen (secondary N) is 1. The van der Waals surface area contributed by atoms with Gasteiger partial charge in [0.05, 0.1) is 11.6 Å². The van der Waals surface area contributed by atoms with E-state index < -0.39 is 23.9 Å². The molecule has 0 bridgehead atoms. The summed E-state index contributed by atoms with van der Waals surface area (Å²) in [4.78, 5) is 11.6. The monoisotopic (exact) mass is 355 g/mol. The molecule has 1 aliphatic heterocycles. The largest absolute Gasteiger partial charge is 0.439 e. The summed E-state index contributed by atoms with van der Waals surface area (Å²) in [7, 11) is 0. The summed E-state index contributed by atoms with van der Waals surface area (Å²) in [5.41, 5.74) is 0.750. The van der Waals surface area contributed by atoms with Crippen LogP contribution in [0.25, 0.3) is 0 Å². The lowest BCUT2D eigenvalue weighted by molar-refractivity contribution is -0.137.